The molecule has 0 bridgehead atoms. The summed E-state index contributed by atoms with van der Waals surface area (Å²) in [7, 11) is 1.08. The van der Waals surface area contributed by atoms with Gasteiger partial charge in [0.2, 0.25) is 0 Å². The van der Waals surface area contributed by atoms with Gasteiger partial charge in [-0.05, 0) is 19.3 Å². The molecule has 0 amide bonds. The van der Waals surface area contributed by atoms with Crippen molar-refractivity contribution in [1.82, 2.24) is 0 Å². The molecule has 0 aromatic heterocycles. The van der Waals surface area contributed by atoms with Crippen molar-refractivity contribution < 1.29 is 51.0 Å². The molecular formula is C26H30Cl2SiZr. The molecule has 4 aromatic rings. The third-order valence-corrected chi connectivity index (χ3v) is 5.19. The minimum absolute atomic E-state index is 0. The summed E-state index contributed by atoms with van der Waals surface area (Å²) in [5.74, 6) is 0.630. The molecule has 0 aliphatic heterocycles. The Kier molecular flexibility index (Phi) is 14.1. The molecule has 0 saturated carbocycles. The molecule has 0 saturated heterocycles. The zero-order valence-electron chi connectivity index (χ0n) is 18.3. The van der Waals surface area contributed by atoms with Gasteiger partial charge in [0.1, 0.15) is 0 Å². The van der Waals surface area contributed by atoms with Crippen LogP contribution in [0.3, 0.4) is 0 Å². The predicted octanol–water partition coefficient (Wildman–Crippen LogP) is 1.52. The monoisotopic (exact) mass is 530 g/mol. The molecule has 156 valence electrons. The molecule has 0 atom stereocenters. The van der Waals surface area contributed by atoms with Crippen LogP contribution in [0.5, 0.6) is 0 Å². The summed E-state index contributed by atoms with van der Waals surface area (Å²) in [6.07, 6.45) is 3.93. The number of rotatable bonds is 1. The van der Waals surface area contributed by atoms with Crippen LogP contribution in [0.2, 0.25) is 13.1 Å². The summed E-state index contributed by atoms with van der Waals surface area (Å²) < 4.78 is 0. The second kappa shape index (κ2) is 14.4. The molecular weight excluding hydrogens is 503 g/mol. The predicted molar refractivity (Wildman–Crippen MR) is 123 cm³/mol. The topological polar surface area (TPSA) is 0 Å². The van der Waals surface area contributed by atoms with Gasteiger partial charge in [-0.2, -0.15) is 17.7 Å². The second-order valence-corrected chi connectivity index (χ2v) is 8.66. The molecule has 0 N–H and O–H groups in total. The van der Waals surface area contributed by atoms with Crippen molar-refractivity contribution >= 4 is 31.1 Å². The first kappa shape index (κ1) is 29.3. The minimum atomic E-state index is 0. The van der Waals surface area contributed by atoms with Crippen molar-refractivity contribution in [3.8, 4) is 0 Å². The van der Waals surface area contributed by atoms with Crippen LogP contribution in [0.15, 0.2) is 66.7 Å². The maximum atomic E-state index is 2.36. The fraction of sp³-hybridized carbons (Fsp3) is 0.308. The fourth-order valence-electron chi connectivity index (χ4n) is 3.88. The smallest absolute Gasteiger partial charge is 1.00 e. The van der Waals surface area contributed by atoms with Crippen molar-refractivity contribution in [2.24, 2.45) is 0 Å². The van der Waals surface area contributed by atoms with Crippen LogP contribution in [0.4, 0.5) is 0 Å². The Morgan fingerprint density at radius 2 is 1.50 bits per heavy atom. The van der Waals surface area contributed by atoms with Gasteiger partial charge in [0.25, 0.3) is 0 Å². The van der Waals surface area contributed by atoms with E-state index in [1.54, 1.807) is 11.1 Å². The normalized spacial score (nSPS) is 11.2. The van der Waals surface area contributed by atoms with Crippen molar-refractivity contribution in [2.75, 3.05) is 0 Å². The number of hydrogen-bond donors (Lipinski definition) is 0. The van der Waals surface area contributed by atoms with Crippen LogP contribution in [0.1, 0.15) is 42.9 Å². The molecule has 4 aromatic carbocycles. The van der Waals surface area contributed by atoms with Crippen LogP contribution in [-0.4, -0.2) is 9.52 Å². The standard InChI is InChI=1S/C12H11.C12H13.C2H6Si.2ClH.Zr/c1-3-9-7-11-5-2-6-12(11)8-10(9)4-1;1-9(2)11-8-7-10-5-3-4-6-12(10)11;1-3-2;;;/h1,3-4,7-8H,2,5-6H2;3-9H,1-2H3;1-2H3;2*1H;/q2*-1;;;;+4/p-2. The van der Waals surface area contributed by atoms with Crippen LogP contribution < -0.4 is 24.8 Å². The van der Waals surface area contributed by atoms with E-state index in [-0.39, 0.29) is 51.0 Å². The molecule has 5 rings (SSSR count). The summed E-state index contributed by atoms with van der Waals surface area (Å²) in [4.78, 5) is 0. The Morgan fingerprint density at radius 3 is 2.17 bits per heavy atom. The van der Waals surface area contributed by atoms with Gasteiger partial charge in [-0.3, -0.25) is 0 Å². The van der Waals surface area contributed by atoms with Crippen LogP contribution in [-0.2, 0) is 39.0 Å². The maximum absolute atomic E-state index is 2.36. The van der Waals surface area contributed by atoms with E-state index in [0.29, 0.717) is 5.92 Å². The summed E-state index contributed by atoms with van der Waals surface area (Å²) >= 11 is 0. The first-order valence-corrected chi connectivity index (χ1v) is 12.0. The SMILES string of the molecule is CC(C)c1c[cH-]c2ccccc12.C[Si]C.[Cl-].[Cl-].[Zr+4].c1cc2cc3c(cc2[cH-]1)CCC3. The fourth-order valence-corrected chi connectivity index (χ4v) is 3.88. The summed E-state index contributed by atoms with van der Waals surface area (Å²) in [5, 5.41) is 5.60. The van der Waals surface area contributed by atoms with E-state index in [1.807, 2.05) is 0 Å². The van der Waals surface area contributed by atoms with E-state index in [4.69, 9.17) is 0 Å². The Labute approximate surface area is 216 Å². The van der Waals surface area contributed by atoms with Gasteiger partial charge in [0.05, 0.1) is 0 Å². The first-order valence-electron chi connectivity index (χ1n) is 10.0. The average Bonchev–Trinajstić information content (AvgIpc) is 3.39. The second-order valence-electron chi connectivity index (χ2n) is 7.66. The van der Waals surface area contributed by atoms with Gasteiger partial charge in [-0.1, -0.05) is 50.1 Å². The van der Waals surface area contributed by atoms with E-state index in [2.05, 4.69) is 93.7 Å². The number of aryl methyl sites for hydroxylation is 2. The zero-order chi connectivity index (χ0) is 19.2. The average molecular weight is 533 g/mol. The van der Waals surface area contributed by atoms with Gasteiger partial charge >= 0.3 is 26.2 Å². The Bertz CT molecular complexity index is 963. The van der Waals surface area contributed by atoms with Gasteiger partial charge in [-0.15, -0.1) is 70.1 Å². The van der Waals surface area contributed by atoms with E-state index in [0.717, 1.165) is 9.52 Å². The van der Waals surface area contributed by atoms with Gasteiger partial charge < -0.3 is 24.8 Å². The minimum Gasteiger partial charge on any atom is -1.00 e. The van der Waals surface area contributed by atoms with Crippen LogP contribution >= 0.6 is 0 Å². The molecule has 0 nitrogen and oxygen atoms in total. The zero-order valence-corrected chi connectivity index (χ0v) is 23.3. The van der Waals surface area contributed by atoms with Crippen molar-refractivity contribution in [3.05, 3.63) is 83.4 Å². The van der Waals surface area contributed by atoms with Crippen molar-refractivity contribution in [3.63, 3.8) is 0 Å². The van der Waals surface area contributed by atoms with Crippen LogP contribution in [0.25, 0.3) is 21.5 Å². The third kappa shape index (κ3) is 7.20. The third-order valence-electron chi connectivity index (χ3n) is 5.19. The quantitative estimate of drug-likeness (QED) is 0.258. The molecule has 0 spiro atoms. The Hall–Kier alpha value is -0.660. The Balaban J connectivity index is 0.000000456. The molecule has 1 aliphatic carbocycles. The van der Waals surface area contributed by atoms with E-state index in [1.165, 1.54) is 46.4 Å². The molecule has 0 heterocycles. The van der Waals surface area contributed by atoms with Gasteiger partial charge in [0, 0.05) is 9.52 Å². The number of benzene rings is 2. The van der Waals surface area contributed by atoms with E-state index < -0.39 is 0 Å². The molecule has 0 fully saturated rings. The number of fused-ring (bicyclic) bond motifs is 3. The summed E-state index contributed by atoms with van der Waals surface area (Å²) in [5.41, 5.74) is 4.62. The molecule has 1 aliphatic rings. The van der Waals surface area contributed by atoms with Crippen molar-refractivity contribution in [2.45, 2.75) is 52.1 Å². The van der Waals surface area contributed by atoms with Gasteiger partial charge in [-0.25, -0.2) is 0 Å². The molecule has 2 radical (unpaired) electrons. The Morgan fingerprint density at radius 1 is 0.867 bits per heavy atom. The molecule has 0 unspecified atom stereocenters. The van der Waals surface area contributed by atoms with Gasteiger partial charge in [0.15, 0.2) is 0 Å². The van der Waals surface area contributed by atoms with E-state index >= 15 is 0 Å². The first-order chi connectivity index (χ1) is 13.1. The van der Waals surface area contributed by atoms with Crippen LogP contribution in [0, 0.1) is 0 Å². The maximum Gasteiger partial charge on any atom is 4.00 e. The number of halogens is 2. The largest absolute Gasteiger partial charge is 4.00 e. The van der Waals surface area contributed by atoms with Crippen molar-refractivity contribution in [1.29, 1.82) is 0 Å². The molecule has 4 heteroatoms. The summed E-state index contributed by atoms with van der Waals surface area (Å²) in [6, 6.07) is 24.3. The molecule has 30 heavy (non-hydrogen) atoms. The summed E-state index contributed by atoms with van der Waals surface area (Å²) in [6.45, 7) is 8.78. The number of hydrogen-bond acceptors (Lipinski definition) is 0. The van der Waals surface area contributed by atoms with E-state index in [9.17, 15) is 0 Å².